The minimum atomic E-state index is -0.488. The number of hydrogen-bond acceptors (Lipinski definition) is 3. The SMILES string of the molecule is CCCC[C@H](N)c1c(Sc2ccccc2)c2ccccc2n1C(N)=O. The van der Waals surface area contributed by atoms with Gasteiger partial charge in [0.2, 0.25) is 0 Å². The van der Waals surface area contributed by atoms with E-state index in [1.165, 1.54) is 0 Å². The van der Waals surface area contributed by atoms with Crippen molar-refractivity contribution in [3.05, 3.63) is 60.3 Å². The molecule has 0 bridgehead atoms. The lowest BCUT2D eigenvalue weighted by atomic mass is 10.1. The maximum Gasteiger partial charge on any atom is 0.323 e. The van der Waals surface area contributed by atoms with Crippen molar-refractivity contribution in [3.8, 4) is 0 Å². The summed E-state index contributed by atoms with van der Waals surface area (Å²) < 4.78 is 1.58. The maximum atomic E-state index is 12.2. The topological polar surface area (TPSA) is 74.0 Å². The summed E-state index contributed by atoms with van der Waals surface area (Å²) >= 11 is 1.64. The fraction of sp³-hybridized carbons (Fsp3) is 0.250. The Morgan fingerprint density at radius 2 is 1.80 bits per heavy atom. The van der Waals surface area contributed by atoms with Crippen LogP contribution in [0.2, 0.25) is 0 Å². The molecule has 0 saturated carbocycles. The van der Waals surface area contributed by atoms with E-state index in [0.717, 1.165) is 45.7 Å². The van der Waals surface area contributed by atoms with Crippen molar-refractivity contribution in [3.63, 3.8) is 0 Å². The Morgan fingerprint density at radius 1 is 1.12 bits per heavy atom. The van der Waals surface area contributed by atoms with Gasteiger partial charge in [0, 0.05) is 21.2 Å². The zero-order valence-corrected chi connectivity index (χ0v) is 15.1. The van der Waals surface area contributed by atoms with Crippen LogP contribution < -0.4 is 11.5 Å². The molecule has 25 heavy (non-hydrogen) atoms. The van der Waals surface area contributed by atoms with Gasteiger partial charge in [-0.05, 0) is 24.6 Å². The molecule has 0 radical (unpaired) electrons. The van der Waals surface area contributed by atoms with E-state index in [-0.39, 0.29) is 6.04 Å². The Labute approximate surface area is 152 Å². The number of benzene rings is 2. The highest BCUT2D eigenvalue weighted by molar-refractivity contribution is 7.99. The second-order valence-corrected chi connectivity index (χ2v) is 7.15. The number of aromatic nitrogens is 1. The molecule has 4 nitrogen and oxygen atoms in total. The molecule has 130 valence electrons. The molecular formula is C20H23N3OS. The van der Waals surface area contributed by atoms with Gasteiger partial charge < -0.3 is 11.5 Å². The summed E-state index contributed by atoms with van der Waals surface area (Å²) in [5.41, 5.74) is 13.8. The highest BCUT2D eigenvalue weighted by Crippen LogP contribution is 2.41. The van der Waals surface area contributed by atoms with Gasteiger partial charge in [-0.1, -0.05) is 67.9 Å². The first kappa shape index (κ1) is 17.6. The van der Waals surface area contributed by atoms with E-state index in [2.05, 4.69) is 19.1 Å². The van der Waals surface area contributed by atoms with Gasteiger partial charge in [-0.3, -0.25) is 4.57 Å². The van der Waals surface area contributed by atoms with Crippen molar-refractivity contribution < 1.29 is 4.79 Å². The van der Waals surface area contributed by atoms with Gasteiger partial charge in [-0.25, -0.2) is 4.79 Å². The number of carbonyl (C=O) groups excluding carboxylic acids is 1. The zero-order valence-electron chi connectivity index (χ0n) is 14.3. The first-order valence-corrected chi connectivity index (χ1v) is 9.36. The average Bonchev–Trinajstić information content (AvgIpc) is 2.95. The maximum absolute atomic E-state index is 12.2. The lowest BCUT2D eigenvalue weighted by molar-refractivity contribution is 0.250. The molecular weight excluding hydrogens is 330 g/mol. The fourth-order valence-corrected chi connectivity index (χ4v) is 4.23. The summed E-state index contributed by atoms with van der Waals surface area (Å²) in [6.07, 6.45) is 2.89. The predicted octanol–water partition coefficient (Wildman–Crippen LogP) is 4.91. The second kappa shape index (κ2) is 7.76. The van der Waals surface area contributed by atoms with Crippen LogP contribution in [-0.4, -0.2) is 10.6 Å². The van der Waals surface area contributed by atoms with Gasteiger partial charge in [0.25, 0.3) is 0 Å². The van der Waals surface area contributed by atoms with Crippen molar-refractivity contribution in [2.75, 3.05) is 0 Å². The fourth-order valence-electron chi connectivity index (χ4n) is 3.08. The summed E-state index contributed by atoms with van der Waals surface area (Å²) in [7, 11) is 0. The number of nitrogens with two attached hydrogens (primary N) is 2. The highest BCUT2D eigenvalue weighted by atomic mass is 32.2. The summed E-state index contributed by atoms with van der Waals surface area (Å²) in [6, 6.07) is 17.2. The van der Waals surface area contributed by atoms with Crippen LogP contribution in [-0.2, 0) is 0 Å². The Bertz CT molecular complexity index is 873. The molecule has 3 rings (SSSR count). The minimum Gasteiger partial charge on any atom is -0.351 e. The van der Waals surface area contributed by atoms with E-state index in [4.69, 9.17) is 11.5 Å². The number of carbonyl (C=O) groups is 1. The molecule has 5 heteroatoms. The van der Waals surface area contributed by atoms with E-state index in [1.807, 2.05) is 42.5 Å². The van der Waals surface area contributed by atoms with Gasteiger partial charge in [0.15, 0.2) is 0 Å². The van der Waals surface area contributed by atoms with Crippen LogP contribution in [0.1, 0.15) is 37.9 Å². The average molecular weight is 353 g/mol. The standard InChI is InChI=1S/C20H23N3OS/c1-2-3-12-16(21)18-19(25-14-9-5-4-6-10-14)15-11-7-8-13-17(15)23(18)20(22)24/h4-11,13,16H,2-3,12,21H2,1H3,(H2,22,24)/t16-/m0/s1. The molecule has 0 fully saturated rings. The molecule has 1 heterocycles. The smallest absolute Gasteiger partial charge is 0.323 e. The molecule has 0 aliphatic heterocycles. The van der Waals surface area contributed by atoms with Gasteiger partial charge in [0.1, 0.15) is 0 Å². The first-order valence-electron chi connectivity index (χ1n) is 8.55. The number of para-hydroxylation sites is 1. The summed E-state index contributed by atoms with van der Waals surface area (Å²) in [5.74, 6) is 0. The van der Waals surface area contributed by atoms with Crippen molar-refractivity contribution in [2.45, 2.75) is 42.0 Å². The van der Waals surface area contributed by atoms with Crippen molar-refractivity contribution in [1.29, 1.82) is 0 Å². The highest BCUT2D eigenvalue weighted by Gasteiger charge is 2.24. The third-order valence-electron chi connectivity index (χ3n) is 4.27. The predicted molar refractivity (Wildman–Crippen MR) is 104 cm³/mol. The lowest BCUT2D eigenvalue weighted by Crippen LogP contribution is -2.25. The Hall–Kier alpha value is -2.24. The number of fused-ring (bicyclic) bond motifs is 1. The monoisotopic (exact) mass is 353 g/mol. The first-order chi connectivity index (χ1) is 12.1. The van der Waals surface area contributed by atoms with Gasteiger partial charge in [-0.15, -0.1) is 0 Å². The van der Waals surface area contributed by atoms with E-state index < -0.39 is 6.03 Å². The summed E-state index contributed by atoms with van der Waals surface area (Å²) in [5, 5.41) is 1.01. The van der Waals surface area contributed by atoms with Gasteiger partial charge in [0.05, 0.1) is 11.2 Å². The number of nitrogens with zero attached hydrogens (tertiary/aromatic N) is 1. The molecule has 0 aliphatic carbocycles. The Morgan fingerprint density at radius 3 is 2.48 bits per heavy atom. The van der Waals surface area contributed by atoms with Gasteiger partial charge >= 0.3 is 6.03 Å². The number of amides is 1. The van der Waals surface area contributed by atoms with Crippen LogP contribution in [0.3, 0.4) is 0 Å². The molecule has 1 atom stereocenters. The minimum absolute atomic E-state index is 0.230. The number of hydrogen-bond donors (Lipinski definition) is 2. The molecule has 3 aromatic rings. The second-order valence-electron chi connectivity index (χ2n) is 6.07. The Kier molecular flexibility index (Phi) is 5.46. The molecule has 0 spiro atoms. The van der Waals surface area contributed by atoms with Gasteiger partial charge in [-0.2, -0.15) is 0 Å². The largest absolute Gasteiger partial charge is 0.351 e. The quantitative estimate of drug-likeness (QED) is 0.661. The molecule has 0 unspecified atom stereocenters. The lowest BCUT2D eigenvalue weighted by Gasteiger charge is -2.16. The molecule has 1 amide bonds. The van der Waals surface area contributed by atoms with Crippen LogP contribution in [0.15, 0.2) is 64.4 Å². The number of unbranched alkanes of at least 4 members (excludes halogenated alkanes) is 1. The molecule has 4 N–H and O–H groups in total. The van der Waals surface area contributed by atoms with E-state index in [0.29, 0.717) is 0 Å². The van der Waals surface area contributed by atoms with Crippen molar-refractivity contribution >= 4 is 28.7 Å². The normalized spacial score (nSPS) is 12.4. The third kappa shape index (κ3) is 3.57. The van der Waals surface area contributed by atoms with Crippen LogP contribution >= 0.6 is 11.8 Å². The molecule has 0 aliphatic rings. The Balaban J connectivity index is 2.19. The zero-order chi connectivity index (χ0) is 17.8. The van der Waals surface area contributed by atoms with E-state index in [9.17, 15) is 4.79 Å². The molecule has 2 aromatic carbocycles. The van der Waals surface area contributed by atoms with Crippen LogP contribution in [0.25, 0.3) is 10.9 Å². The van der Waals surface area contributed by atoms with E-state index >= 15 is 0 Å². The van der Waals surface area contributed by atoms with Crippen LogP contribution in [0.4, 0.5) is 4.79 Å². The van der Waals surface area contributed by atoms with Crippen molar-refractivity contribution in [1.82, 2.24) is 4.57 Å². The molecule has 1 aromatic heterocycles. The third-order valence-corrected chi connectivity index (χ3v) is 5.41. The van der Waals surface area contributed by atoms with Crippen molar-refractivity contribution in [2.24, 2.45) is 11.5 Å². The summed E-state index contributed by atoms with van der Waals surface area (Å²) in [4.78, 5) is 14.3. The molecule has 0 saturated heterocycles. The van der Waals surface area contributed by atoms with Crippen LogP contribution in [0, 0.1) is 0 Å². The van der Waals surface area contributed by atoms with E-state index in [1.54, 1.807) is 16.3 Å². The number of primary amides is 1. The number of rotatable bonds is 6. The van der Waals surface area contributed by atoms with Crippen LogP contribution in [0.5, 0.6) is 0 Å². The summed E-state index contributed by atoms with van der Waals surface area (Å²) in [6.45, 7) is 2.13.